The van der Waals surface area contributed by atoms with Crippen molar-refractivity contribution in [2.45, 2.75) is 0 Å². The average Bonchev–Trinajstić information content (AvgIpc) is 1.80. The van der Waals surface area contributed by atoms with Crippen LogP contribution in [0.5, 0.6) is 0 Å². The van der Waals surface area contributed by atoms with Gasteiger partial charge in [-0.05, 0) is 0 Å². The fourth-order valence-electron chi connectivity index (χ4n) is 0.173. The van der Waals surface area contributed by atoms with Gasteiger partial charge < -0.3 is 9.94 Å². The van der Waals surface area contributed by atoms with Crippen LogP contribution in [-0.4, -0.2) is 29.2 Å². The van der Waals surface area contributed by atoms with E-state index in [1.165, 1.54) is 6.21 Å². The summed E-state index contributed by atoms with van der Waals surface area (Å²) in [5, 5.41) is 11.8. The number of rotatable bonds is 4. The van der Waals surface area contributed by atoms with Crippen LogP contribution >= 0.6 is 15.9 Å². The van der Waals surface area contributed by atoms with Gasteiger partial charge in [0.2, 0.25) is 6.61 Å². The molecule has 52 valence electrons. The van der Waals surface area contributed by atoms with Gasteiger partial charge in [-0.3, -0.25) is 0 Å². The van der Waals surface area contributed by atoms with Crippen LogP contribution in [0.25, 0.3) is 0 Å². The van der Waals surface area contributed by atoms with E-state index in [0.29, 0.717) is 5.33 Å². The highest BCUT2D eigenvalue weighted by molar-refractivity contribution is 9.09. The van der Waals surface area contributed by atoms with Crippen LogP contribution in [0.2, 0.25) is 0 Å². The Hall–Kier alpha value is -0.580. The lowest BCUT2D eigenvalue weighted by atomic mass is 10.8. The van der Waals surface area contributed by atoms with Gasteiger partial charge in [-0.25, -0.2) is 4.79 Å². The molecule has 0 spiro atoms. The second-order valence-electron chi connectivity index (χ2n) is 1.11. The number of alkyl halides is 1. The molecule has 0 unspecified atom stereocenters. The number of carboxylic acid groups (broad SMARTS) is 1. The molecule has 5 heteroatoms. The topological polar surface area (TPSA) is 58.9 Å². The molecule has 0 heterocycles. The van der Waals surface area contributed by atoms with Gasteiger partial charge >= 0.3 is 5.97 Å². The van der Waals surface area contributed by atoms with E-state index >= 15 is 0 Å². The molecular weight excluding hydrogens is 190 g/mol. The fraction of sp³-hybridized carbons (Fsp3) is 0.500. The van der Waals surface area contributed by atoms with Crippen LogP contribution in [0.1, 0.15) is 0 Å². The van der Waals surface area contributed by atoms with Crippen LogP contribution in [0.15, 0.2) is 5.16 Å². The maximum atomic E-state index is 9.75. The Morgan fingerprint density at radius 1 is 1.89 bits per heavy atom. The van der Waals surface area contributed by atoms with E-state index in [4.69, 9.17) is 5.11 Å². The van der Waals surface area contributed by atoms with Crippen molar-refractivity contribution in [2.24, 2.45) is 5.16 Å². The van der Waals surface area contributed by atoms with Crippen molar-refractivity contribution in [1.82, 2.24) is 0 Å². The van der Waals surface area contributed by atoms with Gasteiger partial charge in [-0.1, -0.05) is 21.1 Å². The Balaban J connectivity index is 3.09. The van der Waals surface area contributed by atoms with Gasteiger partial charge in [-0.15, -0.1) is 0 Å². The van der Waals surface area contributed by atoms with Crippen LogP contribution in [0.4, 0.5) is 0 Å². The molecule has 0 aromatic rings. The predicted molar refractivity (Wildman–Crippen MR) is 35.9 cm³/mol. The molecule has 0 aromatic heterocycles. The lowest BCUT2D eigenvalue weighted by Crippen LogP contribution is -2.03. The van der Waals surface area contributed by atoms with E-state index in [2.05, 4.69) is 25.9 Å². The van der Waals surface area contributed by atoms with E-state index in [-0.39, 0.29) is 6.61 Å². The summed E-state index contributed by atoms with van der Waals surface area (Å²) >= 11 is 3.04. The number of halogens is 1. The summed E-state index contributed by atoms with van der Waals surface area (Å²) in [7, 11) is 0. The fourth-order valence-corrected chi connectivity index (χ4v) is 0.292. The molecule has 0 aliphatic carbocycles. The minimum absolute atomic E-state index is 0.385. The molecule has 0 aliphatic rings. The molecule has 0 radical (unpaired) electrons. The Kier molecular flexibility index (Phi) is 5.20. The standard InChI is InChI=1S/C4H6BrNO3/c5-1-2-6-9-3-4(7)8/h2H,1,3H2,(H,7,8)/b6-2+. The van der Waals surface area contributed by atoms with Crippen molar-refractivity contribution < 1.29 is 14.7 Å². The highest BCUT2D eigenvalue weighted by Gasteiger charge is 1.91. The first-order chi connectivity index (χ1) is 4.27. The predicted octanol–water partition coefficient (Wildman–Crippen LogP) is 0.468. The first kappa shape index (κ1) is 8.42. The lowest BCUT2D eigenvalue weighted by molar-refractivity contribution is -0.142. The molecule has 0 aromatic carbocycles. The Labute approximate surface area is 60.6 Å². The Morgan fingerprint density at radius 2 is 2.56 bits per heavy atom. The largest absolute Gasteiger partial charge is 0.479 e. The van der Waals surface area contributed by atoms with Crippen LogP contribution in [-0.2, 0) is 9.63 Å². The Morgan fingerprint density at radius 3 is 3.00 bits per heavy atom. The van der Waals surface area contributed by atoms with E-state index in [9.17, 15) is 4.79 Å². The van der Waals surface area contributed by atoms with Gasteiger partial charge in [0.25, 0.3) is 0 Å². The number of hydrogen-bond donors (Lipinski definition) is 1. The van der Waals surface area contributed by atoms with Gasteiger partial charge in [0.1, 0.15) is 0 Å². The zero-order valence-corrected chi connectivity index (χ0v) is 6.17. The molecule has 0 saturated carbocycles. The number of oxime groups is 1. The van der Waals surface area contributed by atoms with Crippen molar-refractivity contribution >= 4 is 28.1 Å². The molecule has 0 bridgehead atoms. The highest BCUT2D eigenvalue weighted by Crippen LogP contribution is 1.77. The zero-order chi connectivity index (χ0) is 7.11. The number of hydrogen-bond acceptors (Lipinski definition) is 3. The third kappa shape index (κ3) is 7.42. The first-order valence-electron chi connectivity index (χ1n) is 2.19. The number of carbonyl (C=O) groups is 1. The van der Waals surface area contributed by atoms with Gasteiger partial charge in [0, 0.05) is 5.33 Å². The van der Waals surface area contributed by atoms with Crippen molar-refractivity contribution in [3.63, 3.8) is 0 Å². The number of aliphatic carboxylic acids is 1. The van der Waals surface area contributed by atoms with Crippen LogP contribution < -0.4 is 0 Å². The summed E-state index contributed by atoms with van der Waals surface area (Å²) in [6, 6.07) is 0. The third-order valence-corrected chi connectivity index (χ3v) is 0.696. The zero-order valence-electron chi connectivity index (χ0n) is 4.58. The summed E-state index contributed by atoms with van der Waals surface area (Å²) in [5.74, 6) is -1.03. The smallest absolute Gasteiger partial charge is 0.344 e. The molecular formula is C4H6BrNO3. The van der Waals surface area contributed by atoms with Gasteiger partial charge in [0.15, 0.2) is 0 Å². The highest BCUT2D eigenvalue weighted by atomic mass is 79.9. The SMILES string of the molecule is O=C(O)CO/N=C/CBr. The number of nitrogens with zero attached hydrogens (tertiary/aromatic N) is 1. The third-order valence-electron chi connectivity index (χ3n) is 0.406. The second-order valence-corrected chi connectivity index (χ2v) is 1.76. The monoisotopic (exact) mass is 195 g/mol. The molecule has 0 rings (SSSR count). The van der Waals surface area contributed by atoms with Gasteiger partial charge in [-0.2, -0.15) is 0 Å². The lowest BCUT2D eigenvalue weighted by Gasteiger charge is -1.89. The molecule has 0 saturated heterocycles. The summed E-state index contributed by atoms with van der Waals surface area (Å²) < 4.78 is 0. The molecule has 0 amide bonds. The second kappa shape index (κ2) is 5.55. The van der Waals surface area contributed by atoms with Crippen molar-refractivity contribution in [3.8, 4) is 0 Å². The minimum Gasteiger partial charge on any atom is -0.479 e. The van der Waals surface area contributed by atoms with E-state index < -0.39 is 5.97 Å². The van der Waals surface area contributed by atoms with E-state index in [1.54, 1.807) is 0 Å². The summed E-state index contributed by atoms with van der Waals surface area (Å²) in [6.07, 6.45) is 1.42. The molecule has 0 atom stereocenters. The Bertz CT molecular complexity index is 114. The van der Waals surface area contributed by atoms with Gasteiger partial charge in [0.05, 0.1) is 6.21 Å². The molecule has 0 fully saturated rings. The van der Waals surface area contributed by atoms with Crippen molar-refractivity contribution in [2.75, 3.05) is 11.9 Å². The van der Waals surface area contributed by atoms with Crippen molar-refractivity contribution in [1.29, 1.82) is 0 Å². The average molecular weight is 196 g/mol. The molecule has 9 heavy (non-hydrogen) atoms. The molecule has 0 aliphatic heterocycles. The summed E-state index contributed by atoms with van der Waals surface area (Å²) in [5.41, 5.74) is 0. The first-order valence-corrected chi connectivity index (χ1v) is 3.31. The normalized spacial score (nSPS) is 9.89. The van der Waals surface area contributed by atoms with Crippen LogP contribution in [0.3, 0.4) is 0 Å². The van der Waals surface area contributed by atoms with E-state index in [1.807, 2.05) is 0 Å². The summed E-state index contributed by atoms with van der Waals surface area (Å²) in [6.45, 7) is -0.385. The van der Waals surface area contributed by atoms with E-state index in [0.717, 1.165) is 0 Å². The maximum absolute atomic E-state index is 9.75. The minimum atomic E-state index is -1.03. The number of carboxylic acids is 1. The molecule has 4 nitrogen and oxygen atoms in total. The maximum Gasteiger partial charge on any atom is 0.344 e. The van der Waals surface area contributed by atoms with Crippen LogP contribution in [0, 0.1) is 0 Å². The summed E-state index contributed by atoms with van der Waals surface area (Å²) in [4.78, 5) is 14.0. The molecule has 1 N–H and O–H groups in total. The quantitative estimate of drug-likeness (QED) is 0.403. The van der Waals surface area contributed by atoms with Crippen molar-refractivity contribution in [3.05, 3.63) is 0 Å².